The van der Waals surface area contributed by atoms with Crippen LogP contribution in [0.2, 0.25) is 0 Å². The molecule has 1 heterocycles. The van der Waals surface area contributed by atoms with E-state index >= 15 is 0 Å². The van der Waals surface area contributed by atoms with Gasteiger partial charge in [0.25, 0.3) is 0 Å². The Morgan fingerprint density at radius 2 is 1.43 bits per heavy atom. The van der Waals surface area contributed by atoms with Crippen molar-refractivity contribution in [2.45, 2.75) is 24.5 Å². The van der Waals surface area contributed by atoms with Gasteiger partial charge in [0, 0.05) is 18.8 Å². The highest BCUT2D eigenvalue weighted by Gasteiger charge is 2.52. The summed E-state index contributed by atoms with van der Waals surface area (Å²) in [6.07, 6.45) is -4.31. The molecule has 1 aliphatic heterocycles. The number of carbonyl (C=O) groups is 1. The summed E-state index contributed by atoms with van der Waals surface area (Å²) in [5.74, 6) is -0.151. The minimum atomic E-state index is -5.43. The van der Waals surface area contributed by atoms with Gasteiger partial charge in [0.1, 0.15) is 24.1 Å². The van der Waals surface area contributed by atoms with Gasteiger partial charge in [-0.2, -0.15) is 13.6 Å². The Balaban J connectivity index is 2.26. The standard InChI is InChI=1S/C20H32N3O18P3/c1-23(11-15(19(21)22-13-24)14-9-7-6-8-10-14)20-18(26)17(25)16(35-20)12-34-42(27,36-30-2)40-44(29,39-33-5)41-43(28,37-31-3)38-32-4/h6-11,13,16-18,20,25-26H,12H2,1-5H3,(H2,21,22,24)/b15-11-. The lowest BCUT2D eigenvalue weighted by atomic mass is 10.1. The van der Waals surface area contributed by atoms with Crippen LogP contribution in [0, 0.1) is 0 Å². The van der Waals surface area contributed by atoms with Gasteiger partial charge in [0.2, 0.25) is 6.41 Å². The van der Waals surface area contributed by atoms with Gasteiger partial charge in [0.15, 0.2) is 6.23 Å². The van der Waals surface area contributed by atoms with Crippen LogP contribution in [0.1, 0.15) is 5.56 Å². The number of amidine groups is 1. The summed E-state index contributed by atoms with van der Waals surface area (Å²) in [5, 5.41) is 21.3. The van der Waals surface area contributed by atoms with Crippen LogP contribution in [0.3, 0.4) is 0 Å². The average Bonchev–Trinajstić information content (AvgIpc) is 3.24. The number of hydrogen-bond acceptors (Lipinski definition) is 19. The number of nitrogens with two attached hydrogens (primary N) is 1. The SMILES string of the molecule is COOP(=O)(OCC1OC(N(C)/C=C(\C(N)=N/C=O)c2ccccc2)C(O)C1O)OP(=O)(OOC)OP(=O)(OOC)OOC. The van der Waals surface area contributed by atoms with Gasteiger partial charge in [-0.1, -0.05) is 30.3 Å². The molecule has 1 aromatic rings. The Hall–Kier alpha value is -1.97. The fraction of sp³-hybridized carbons (Fsp3) is 0.500. The summed E-state index contributed by atoms with van der Waals surface area (Å²) >= 11 is 0. The van der Waals surface area contributed by atoms with Crippen molar-refractivity contribution in [2.24, 2.45) is 10.7 Å². The van der Waals surface area contributed by atoms with Crippen molar-refractivity contribution >= 4 is 41.3 Å². The Morgan fingerprint density at radius 1 is 0.909 bits per heavy atom. The number of likely N-dealkylation sites (N-methyl/N-ethyl adjacent to an activating group) is 1. The maximum absolute atomic E-state index is 13.2. The summed E-state index contributed by atoms with van der Waals surface area (Å²) in [6, 6.07) is 8.56. The van der Waals surface area contributed by atoms with E-state index in [-0.39, 0.29) is 17.8 Å². The number of nitrogens with zero attached hydrogens (tertiary/aromatic N) is 2. The molecule has 2 rings (SSSR count). The number of amides is 1. The molecule has 0 saturated carbocycles. The molecule has 1 aromatic carbocycles. The lowest BCUT2D eigenvalue weighted by Crippen LogP contribution is -2.40. The molecule has 6 atom stereocenters. The van der Waals surface area contributed by atoms with Crippen molar-refractivity contribution in [3.63, 3.8) is 0 Å². The third-order valence-electron chi connectivity index (χ3n) is 5.08. The second-order valence-corrected chi connectivity index (χ2v) is 12.8. The molecule has 44 heavy (non-hydrogen) atoms. The van der Waals surface area contributed by atoms with Gasteiger partial charge >= 0.3 is 23.5 Å². The summed E-state index contributed by atoms with van der Waals surface area (Å²) in [6.45, 7) is -0.874. The zero-order valence-corrected chi connectivity index (χ0v) is 26.5. The second kappa shape index (κ2) is 17.7. The third kappa shape index (κ3) is 10.8. The normalized spacial score (nSPS) is 24.1. The van der Waals surface area contributed by atoms with E-state index in [4.69, 9.17) is 19.3 Å². The lowest BCUT2D eigenvalue weighted by Gasteiger charge is -2.26. The van der Waals surface area contributed by atoms with Crippen LogP contribution < -0.4 is 5.73 Å². The summed E-state index contributed by atoms with van der Waals surface area (Å²) < 4.78 is 76.0. The molecule has 0 aliphatic carbocycles. The number of aliphatic imine (C=N–C) groups is 1. The van der Waals surface area contributed by atoms with Gasteiger partial charge < -0.3 is 25.6 Å². The molecule has 24 heteroatoms. The van der Waals surface area contributed by atoms with E-state index in [0.29, 0.717) is 5.56 Å². The van der Waals surface area contributed by atoms with Crippen LogP contribution in [0.25, 0.3) is 5.57 Å². The van der Waals surface area contributed by atoms with Crippen LogP contribution in [0.15, 0.2) is 41.5 Å². The number of ether oxygens (including phenoxy) is 1. The molecule has 0 radical (unpaired) electrons. The number of aliphatic hydroxyl groups is 2. The zero-order chi connectivity index (χ0) is 33.0. The van der Waals surface area contributed by atoms with Crippen LogP contribution in [-0.4, -0.2) is 94.0 Å². The van der Waals surface area contributed by atoms with E-state index in [1.54, 1.807) is 30.3 Å². The quantitative estimate of drug-likeness (QED) is 0.0437. The lowest BCUT2D eigenvalue weighted by molar-refractivity contribution is -0.258. The molecule has 1 fully saturated rings. The van der Waals surface area contributed by atoms with Crippen molar-refractivity contribution in [2.75, 3.05) is 42.1 Å². The van der Waals surface area contributed by atoms with Crippen molar-refractivity contribution in [1.29, 1.82) is 0 Å². The number of carbonyl (C=O) groups excluding carboxylic acids is 1. The average molecular weight is 695 g/mol. The highest BCUT2D eigenvalue weighted by molar-refractivity contribution is 7.67. The molecule has 0 spiro atoms. The molecule has 1 aliphatic rings. The fourth-order valence-electron chi connectivity index (χ4n) is 3.43. The van der Waals surface area contributed by atoms with Crippen LogP contribution >= 0.6 is 23.5 Å². The molecule has 6 unspecified atom stereocenters. The smallest absolute Gasteiger partial charge is 0.387 e. The number of aliphatic hydroxyl groups excluding tert-OH is 2. The molecule has 0 bridgehead atoms. The van der Waals surface area contributed by atoms with Gasteiger partial charge in [-0.05, 0) is 5.56 Å². The first-order chi connectivity index (χ1) is 20.8. The Kier molecular flexibility index (Phi) is 15.3. The Bertz CT molecular complexity index is 1260. The second-order valence-electron chi connectivity index (χ2n) is 8.01. The van der Waals surface area contributed by atoms with Gasteiger partial charge in [-0.15, -0.1) is 18.7 Å². The monoisotopic (exact) mass is 695 g/mol. The summed E-state index contributed by atoms with van der Waals surface area (Å²) in [4.78, 5) is 32.7. The maximum atomic E-state index is 13.2. The Labute approximate surface area is 250 Å². The highest BCUT2D eigenvalue weighted by atomic mass is 31.3. The predicted octanol–water partition coefficient (Wildman–Crippen LogP) is 1.61. The number of rotatable bonds is 20. The molecular formula is C20H32N3O18P3. The first-order valence-corrected chi connectivity index (χ1v) is 16.2. The van der Waals surface area contributed by atoms with Crippen molar-refractivity contribution in [3.05, 3.63) is 42.1 Å². The van der Waals surface area contributed by atoms with Crippen LogP contribution in [0.5, 0.6) is 0 Å². The van der Waals surface area contributed by atoms with Crippen molar-refractivity contribution < 1.29 is 84.8 Å². The number of benzene rings is 1. The summed E-state index contributed by atoms with van der Waals surface area (Å²) in [5.41, 5.74) is 6.78. The number of hydrogen-bond donors (Lipinski definition) is 3. The molecule has 4 N–H and O–H groups in total. The third-order valence-corrected chi connectivity index (χ3v) is 10.1. The van der Waals surface area contributed by atoms with E-state index in [9.17, 15) is 28.7 Å². The molecule has 0 aromatic heterocycles. The highest BCUT2D eigenvalue weighted by Crippen LogP contribution is 2.73. The van der Waals surface area contributed by atoms with E-state index in [2.05, 4.69) is 47.6 Å². The zero-order valence-electron chi connectivity index (χ0n) is 23.8. The topological polar surface area (TPSA) is 261 Å². The predicted molar refractivity (Wildman–Crippen MR) is 144 cm³/mol. The minimum Gasteiger partial charge on any atom is -0.387 e. The Morgan fingerprint density at radius 3 is 1.98 bits per heavy atom. The largest absolute Gasteiger partial charge is 0.538 e. The molecule has 250 valence electrons. The first kappa shape index (κ1) is 38.2. The molecular weight excluding hydrogens is 663 g/mol. The molecule has 21 nitrogen and oxygen atoms in total. The van der Waals surface area contributed by atoms with E-state index in [1.807, 2.05) is 0 Å². The van der Waals surface area contributed by atoms with Gasteiger partial charge in [0.05, 0.1) is 35.0 Å². The number of phosphoric acid groups is 3. The maximum Gasteiger partial charge on any atom is 0.538 e. The molecule has 1 amide bonds. The van der Waals surface area contributed by atoms with Crippen LogP contribution in [0.4, 0.5) is 0 Å². The van der Waals surface area contributed by atoms with Gasteiger partial charge in [-0.3, -0.25) is 9.32 Å². The minimum absolute atomic E-state index is 0.151. The van der Waals surface area contributed by atoms with Crippen molar-refractivity contribution in [1.82, 2.24) is 4.90 Å². The molecule has 1 saturated heterocycles. The van der Waals surface area contributed by atoms with Gasteiger partial charge in [-0.25, -0.2) is 33.2 Å². The van der Waals surface area contributed by atoms with Crippen LogP contribution in [-0.2, 0) is 74.6 Å². The first-order valence-electron chi connectivity index (χ1n) is 11.8. The fourth-order valence-corrected chi connectivity index (χ4v) is 7.64. The van der Waals surface area contributed by atoms with E-state index in [0.717, 1.165) is 28.4 Å². The summed E-state index contributed by atoms with van der Waals surface area (Å²) in [7, 11) is -10.8. The van der Waals surface area contributed by atoms with E-state index < -0.39 is 54.6 Å². The van der Waals surface area contributed by atoms with Crippen molar-refractivity contribution in [3.8, 4) is 0 Å². The van der Waals surface area contributed by atoms with E-state index in [1.165, 1.54) is 18.1 Å².